The monoisotopic (exact) mass is 325 g/mol. The molecule has 2 aromatic heterocycles. The van der Waals surface area contributed by atoms with Crippen molar-refractivity contribution >= 4 is 23.4 Å². The number of rotatable bonds is 4. The molecular formula is C16H15N5OS. The van der Waals surface area contributed by atoms with Gasteiger partial charge >= 0.3 is 0 Å². The fourth-order valence-electron chi connectivity index (χ4n) is 2.08. The summed E-state index contributed by atoms with van der Waals surface area (Å²) in [6.07, 6.45) is 6.70. The Balaban J connectivity index is 1.81. The van der Waals surface area contributed by atoms with Gasteiger partial charge in [-0.2, -0.15) is 9.90 Å². The molecule has 1 aromatic carbocycles. The van der Waals surface area contributed by atoms with Gasteiger partial charge in [-0.3, -0.25) is 9.78 Å². The van der Waals surface area contributed by atoms with Crippen LogP contribution < -0.4 is 5.32 Å². The first-order valence-corrected chi connectivity index (χ1v) is 8.18. The zero-order valence-electron chi connectivity index (χ0n) is 12.7. The summed E-state index contributed by atoms with van der Waals surface area (Å²) in [5.41, 5.74) is 2.83. The maximum atomic E-state index is 12.3. The third-order valence-corrected chi connectivity index (χ3v) is 4.00. The summed E-state index contributed by atoms with van der Waals surface area (Å²) in [6.45, 7) is 1.99. The lowest BCUT2D eigenvalue weighted by Gasteiger charge is -2.06. The summed E-state index contributed by atoms with van der Waals surface area (Å²) in [4.78, 5) is 18.8. The predicted molar refractivity (Wildman–Crippen MR) is 90.1 cm³/mol. The molecule has 116 valence electrons. The highest BCUT2D eigenvalue weighted by molar-refractivity contribution is 7.98. The van der Waals surface area contributed by atoms with E-state index in [1.165, 1.54) is 11.0 Å². The third kappa shape index (κ3) is 3.40. The normalized spacial score (nSPS) is 10.5. The molecule has 0 fully saturated rings. The number of aryl methyl sites for hydroxylation is 1. The van der Waals surface area contributed by atoms with Gasteiger partial charge in [0.05, 0.1) is 23.8 Å². The molecule has 1 N–H and O–H groups in total. The first kappa shape index (κ1) is 15.2. The van der Waals surface area contributed by atoms with Crippen molar-refractivity contribution in [3.63, 3.8) is 0 Å². The van der Waals surface area contributed by atoms with Gasteiger partial charge in [-0.25, -0.2) is 0 Å². The Morgan fingerprint density at radius 2 is 2.13 bits per heavy atom. The van der Waals surface area contributed by atoms with Crippen molar-refractivity contribution in [1.82, 2.24) is 20.0 Å². The number of nitrogens with zero attached hydrogens (tertiary/aromatic N) is 4. The number of hydrogen-bond donors (Lipinski definition) is 1. The largest absolute Gasteiger partial charge is 0.318 e. The number of thioether (sulfide) groups is 1. The molecule has 2 heterocycles. The van der Waals surface area contributed by atoms with Gasteiger partial charge in [-0.15, -0.1) is 16.9 Å². The molecule has 3 rings (SSSR count). The molecule has 6 nitrogen and oxygen atoms in total. The average molecular weight is 325 g/mol. The average Bonchev–Trinajstić information content (AvgIpc) is 3.05. The van der Waals surface area contributed by atoms with Gasteiger partial charge in [-0.1, -0.05) is 12.1 Å². The number of benzene rings is 1. The molecule has 0 spiro atoms. The Hall–Kier alpha value is -2.67. The Labute approximate surface area is 137 Å². The lowest BCUT2D eigenvalue weighted by atomic mass is 10.2. The van der Waals surface area contributed by atoms with Gasteiger partial charge in [0.1, 0.15) is 0 Å². The van der Waals surface area contributed by atoms with Crippen molar-refractivity contribution in [2.75, 3.05) is 11.6 Å². The van der Waals surface area contributed by atoms with E-state index in [1.54, 1.807) is 24.2 Å². The van der Waals surface area contributed by atoms with Gasteiger partial charge in [0.25, 0.3) is 5.91 Å². The standard InChI is InChI=1S/C16H15N5OS/c1-11-4-3-5-12(8-11)21-18-10-14(20-21)16(22)19-13-9-17-7-6-15(13)23-2/h3-10H,1-2H3,(H,19,22). The molecule has 0 aliphatic heterocycles. The molecule has 7 heteroatoms. The van der Waals surface area contributed by atoms with Gasteiger partial charge in [0, 0.05) is 11.1 Å². The van der Waals surface area contributed by atoms with Crippen LogP contribution in [-0.4, -0.2) is 32.1 Å². The Morgan fingerprint density at radius 3 is 2.91 bits per heavy atom. The van der Waals surface area contributed by atoms with E-state index in [4.69, 9.17) is 0 Å². The minimum absolute atomic E-state index is 0.252. The summed E-state index contributed by atoms with van der Waals surface area (Å²) < 4.78 is 0. The van der Waals surface area contributed by atoms with E-state index in [2.05, 4.69) is 20.5 Å². The molecule has 3 aromatic rings. The number of amides is 1. The van der Waals surface area contributed by atoms with E-state index in [0.717, 1.165) is 16.1 Å². The molecular weight excluding hydrogens is 310 g/mol. The Morgan fingerprint density at radius 1 is 1.26 bits per heavy atom. The van der Waals surface area contributed by atoms with Gasteiger partial charge < -0.3 is 5.32 Å². The van der Waals surface area contributed by atoms with Crippen molar-refractivity contribution in [2.24, 2.45) is 0 Å². The highest BCUT2D eigenvalue weighted by atomic mass is 32.2. The number of hydrogen-bond acceptors (Lipinski definition) is 5. The Bertz CT molecular complexity index is 846. The number of carbonyl (C=O) groups excluding carboxylic acids is 1. The minimum Gasteiger partial charge on any atom is -0.318 e. The van der Waals surface area contributed by atoms with E-state index in [0.29, 0.717) is 5.69 Å². The van der Waals surface area contributed by atoms with Crippen LogP contribution in [0.15, 0.2) is 53.8 Å². The van der Waals surface area contributed by atoms with Crippen LogP contribution in [0.3, 0.4) is 0 Å². The molecule has 0 atom stereocenters. The summed E-state index contributed by atoms with van der Waals surface area (Å²) >= 11 is 1.54. The highest BCUT2D eigenvalue weighted by Gasteiger charge is 2.13. The summed E-state index contributed by atoms with van der Waals surface area (Å²) in [6, 6.07) is 9.61. The van der Waals surface area contributed by atoms with Crippen LogP contribution in [0.25, 0.3) is 5.69 Å². The Kier molecular flexibility index (Phi) is 4.38. The number of pyridine rings is 1. The second-order valence-electron chi connectivity index (χ2n) is 4.89. The van der Waals surface area contributed by atoms with Gasteiger partial charge in [0.2, 0.25) is 0 Å². The van der Waals surface area contributed by atoms with Crippen molar-refractivity contribution in [3.8, 4) is 5.69 Å². The van der Waals surface area contributed by atoms with Crippen molar-refractivity contribution in [1.29, 1.82) is 0 Å². The highest BCUT2D eigenvalue weighted by Crippen LogP contribution is 2.23. The molecule has 0 aliphatic rings. The second kappa shape index (κ2) is 6.62. The second-order valence-corrected chi connectivity index (χ2v) is 5.74. The van der Waals surface area contributed by atoms with Crippen LogP contribution in [0.4, 0.5) is 5.69 Å². The van der Waals surface area contributed by atoms with Crippen LogP contribution in [0, 0.1) is 6.92 Å². The zero-order valence-corrected chi connectivity index (χ0v) is 13.5. The van der Waals surface area contributed by atoms with Crippen LogP contribution in [0.5, 0.6) is 0 Å². The first-order chi connectivity index (χ1) is 11.2. The van der Waals surface area contributed by atoms with Crippen LogP contribution in [-0.2, 0) is 0 Å². The maximum Gasteiger partial charge on any atom is 0.277 e. The van der Waals surface area contributed by atoms with E-state index < -0.39 is 0 Å². The van der Waals surface area contributed by atoms with Crippen LogP contribution >= 0.6 is 11.8 Å². The quantitative estimate of drug-likeness (QED) is 0.747. The van der Waals surface area contributed by atoms with E-state index >= 15 is 0 Å². The number of carbonyl (C=O) groups is 1. The fourth-order valence-corrected chi connectivity index (χ4v) is 2.60. The predicted octanol–water partition coefficient (Wildman–Crippen LogP) is 2.94. The maximum absolute atomic E-state index is 12.3. The van der Waals surface area contributed by atoms with E-state index in [-0.39, 0.29) is 11.6 Å². The molecule has 23 heavy (non-hydrogen) atoms. The van der Waals surface area contributed by atoms with Crippen molar-refractivity contribution in [2.45, 2.75) is 11.8 Å². The lowest BCUT2D eigenvalue weighted by molar-refractivity contribution is 0.102. The lowest BCUT2D eigenvalue weighted by Crippen LogP contribution is -2.14. The molecule has 0 saturated carbocycles. The van der Waals surface area contributed by atoms with E-state index in [1.807, 2.05) is 43.5 Å². The first-order valence-electron chi connectivity index (χ1n) is 6.96. The fraction of sp³-hybridized carbons (Fsp3) is 0.125. The summed E-state index contributed by atoms with van der Waals surface area (Å²) in [5.74, 6) is -0.313. The minimum atomic E-state index is -0.313. The summed E-state index contributed by atoms with van der Waals surface area (Å²) in [5, 5.41) is 11.2. The van der Waals surface area contributed by atoms with E-state index in [9.17, 15) is 4.79 Å². The van der Waals surface area contributed by atoms with Crippen LogP contribution in [0.2, 0.25) is 0 Å². The molecule has 0 radical (unpaired) electrons. The SMILES string of the molecule is CSc1ccncc1NC(=O)c1cnn(-c2cccc(C)c2)n1. The molecule has 1 amide bonds. The smallest absolute Gasteiger partial charge is 0.277 e. The zero-order chi connectivity index (χ0) is 16.2. The summed E-state index contributed by atoms with van der Waals surface area (Å²) in [7, 11) is 0. The molecule has 0 aliphatic carbocycles. The van der Waals surface area contributed by atoms with Crippen LogP contribution in [0.1, 0.15) is 16.1 Å². The number of nitrogens with one attached hydrogen (secondary N) is 1. The topological polar surface area (TPSA) is 72.7 Å². The third-order valence-electron chi connectivity index (χ3n) is 3.21. The van der Waals surface area contributed by atoms with Crippen molar-refractivity contribution in [3.05, 3.63) is 60.2 Å². The number of anilines is 1. The molecule has 0 unspecified atom stereocenters. The van der Waals surface area contributed by atoms with Gasteiger partial charge in [0.15, 0.2) is 5.69 Å². The van der Waals surface area contributed by atoms with Crippen molar-refractivity contribution < 1.29 is 4.79 Å². The number of aromatic nitrogens is 4. The molecule has 0 bridgehead atoms. The molecule has 0 saturated heterocycles. The van der Waals surface area contributed by atoms with Gasteiger partial charge in [-0.05, 0) is 36.9 Å².